The quantitative estimate of drug-likeness (QED) is 0.677. The van der Waals surface area contributed by atoms with Gasteiger partial charge in [-0.25, -0.2) is 0 Å². The Labute approximate surface area is 74.7 Å². The Kier molecular flexibility index (Phi) is 2.13. The summed E-state index contributed by atoms with van der Waals surface area (Å²) in [4.78, 5) is 0. The molecular weight excluding hydrogens is 150 g/mol. The SMILES string of the molecule is CC1(C)CC(NC2CCOC2)C1. The maximum atomic E-state index is 5.32. The van der Waals surface area contributed by atoms with Crippen molar-refractivity contribution in [1.82, 2.24) is 5.32 Å². The lowest BCUT2D eigenvalue weighted by Crippen LogP contribution is -2.49. The molecular formula is C10H19NO. The monoisotopic (exact) mass is 169 g/mol. The highest BCUT2D eigenvalue weighted by molar-refractivity contribution is 4.93. The van der Waals surface area contributed by atoms with Crippen LogP contribution in [0.2, 0.25) is 0 Å². The van der Waals surface area contributed by atoms with Crippen LogP contribution in [0.5, 0.6) is 0 Å². The van der Waals surface area contributed by atoms with E-state index in [1.54, 1.807) is 0 Å². The molecule has 0 aromatic carbocycles. The Balaban J connectivity index is 1.69. The normalized spacial score (nSPS) is 35.0. The van der Waals surface area contributed by atoms with E-state index in [0.717, 1.165) is 19.3 Å². The highest BCUT2D eigenvalue weighted by Crippen LogP contribution is 2.40. The van der Waals surface area contributed by atoms with E-state index in [-0.39, 0.29) is 0 Å². The van der Waals surface area contributed by atoms with Crippen LogP contribution in [0.4, 0.5) is 0 Å². The second kappa shape index (κ2) is 3.00. The highest BCUT2D eigenvalue weighted by Gasteiger charge is 2.37. The molecule has 1 unspecified atom stereocenters. The molecule has 0 radical (unpaired) electrons. The first kappa shape index (κ1) is 8.52. The van der Waals surface area contributed by atoms with Crippen molar-refractivity contribution in [2.45, 2.75) is 45.2 Å². The predicted octanol–water partition coefficient (Wildman–Crippen LogP) is 1.55. The largest absolute Gasteiger partial charge is 0.380 e. The van der Waals surface area contributed by atoms with Crippen molar-refractivity contribution >= 4 is 0 Å². The van der Waals surface area contributed by atoms with E-state index >= 15 is 0 Å². The average molecular weight is 169 g/mol. The molecule has 12 heavy (non-hydrogen) atoms. The van der Waals surface area contributed by atoms with Gasteiger partial charge in [0, 0.05) is 18.7 Å². The van der Waals surface area contributed by atoms with Crippen molar-refractivity contribution < 1.29 is 4.74 Å². The Morgan fingerprint density at radius 1 is 1.25 bits per heavy atom. The Hall–Kier alpha value is -0.0800. The summed E-state index contributed by atoms with van der Waals surface area (Å²) in [7, 11) is 0. The molecule has 2 fully saturated rings. The third-order valence-electron chi connectivity index (χ3n) is 3.00. The van der Waals surface area contributed by atoms with Crippen LogP contribution in [0.25, 0.3) is 0 Å². The number of ether oxygens (including phenoxy) is 1. The summed E-state index contributed by atoms with van der Waals surface area (Å²) in [6.45, 7) is 6.57. The van der Waals surface area contributed by atoms with Gasteiger partial charge in [0.25, 0.3) is 0 Å². The van der Waals surface area contributed by atoms with E-state index < -0.39 is 0 Å². The van der Waals surface area contributed by atoms with Crippen molar-refractivity contribution in [2.75, 3.05) is 13.2 Å². The fourth-order valence-electron chi connectivity index (χ4n) is 2.39. The van der Waals surface area contributed by atoms with Gasteiger partial charge in [0.1, 0.15) is 0 Å². The van der Waals surface area contributed by atoms with Gasteiger partial charge in [-0.05, 0) is 24.7 Å². The zero-order valence-corrected chi connectivity index (χ0v) is 8.10. The average Bonchev–Trinajstić information content (AvgIpc) is 2.35. The van der Waals surface area contributed by atoms with Crippen LogP contribution in [0.15, 0.2) is 0 Å². The van der Waals surface area contributed by atoms with Crippen LogP contribution in [-0.4, -0.2) is 25.3 Å². The van der Waals surface area contributed by atoms with Gasteiger partial charge >= 0.3 is 0 Å². The summed E-state index contributed by atoms with van der Waals surface area (Å²) in [6.07, 6.45) is 3.88. The molecule has 0 amide bonds. The molecule has 2 aliphatic rings. The number of hydrogen-bond acceptors (Lipinski definition) is 2. The van der Waals surface area contributed by atoms with E-state index in [4.69, 9.17) is 4.74 Å². The van der Waals surface area contributed by atoms with Crippen molar-refractivity contribution in [3.8, 4) is 0 Å². The molecule has 1 saturated heterocycles. The molecule has 1 aliphatic carbocycles. The maximum Gasteiger partial charge on any atom is 0.0620 e. The molecule has 2 rings (SSSR count). The van der Waals surface area contributed by atoms with Crippen LogP contribution >= 0.6 is 0 Å². The fraction of sp³-hybridized carbons (Fsp3) is 1.00. The summed E-state index contributed by atoms with van der Waals surface area (Å²) in [5, 5.41) is 3.65. The van der Waals surface area contributed by atoms with Crippen LogP contribution in [0.3, 0.4) is 0 Å². The minimum absolute atomic E-state index is 0.594. The first-order chi connectivity index (χ1) is 5.66. The van der Waals surface area contributed by atoms with E-state index in [9.17, 15) is 0 Å². The lowest BCUT2D eigenvalue weighted by molar-refractivity contribution is 0.111. The second-order valence-electron chi connectivity index (χ2n) is 5.00. The smallest absolute Gasteiger partial charge is 0.0620 e. The maximum absolute atomic E-state index is 5.32. The molecule has 1 N–H and O–H groups in total. The first-order valence-corrected chi connectivity index (χ1v) is 4.99. The molecule has 2 nitrogen and oxygen atoms in total. The van der Waals surface area contributed by atoms with E-state index in [0.29, 0.717) is 11.5 Å². The van der Waals surface area contributed by atoms with E-state index in [2.05, 4.69) is 19.2 Å². The molecule has 0 aromatic rings. The van der Waals surface area contributed by atoms with E-state index in [1.165, 1.54) is 19.3 Å². The van der Waals surface area contributed by atoms with Crippen LogP contribution in [0.1, 0.15) is 33.1 Å². The zero-order chi connectivity index (χ0) is 8.60. The van der Waals surface area contributed by atoms with Crippen LogP contribution in [0, 0.1) is 5.41 Å². The second-order valence-corrected chi connectivity index (χ2v) is 5.00. The third kappa shape index (κ3) is 1.80. The summed E-state index contributed by atoms with van der Waals surface area (Å²) >= 11 is 0. The van der Waals surface area contributed by atoms with Crippen LogP contribution in [-0.2, 0) is 4.74 Å². The van der Waals surface area contributed by atoms with Gasteiger partial charge in [0.05, 0.1) is 6.61 Å². The van der Waals surface area contributed by atoms with Gasteiger partial charge < -0.3 is 10.1 Å². The van der Waals surface area contributed by atoms with Crippen LogP contribution < -0.4 is 5.32 Å². The number of nitrogens with one attached hydrogen (secondary N) is 1. The van der Waals surface area contributed by atoms with Gasteiger partial charge in [0.15, 0.2) is 0 Å². The lowest BCUT2D eigenvalue weighted by Gasteiger charge is -2.44. The van der Waals surface area contributed by atoms with Crippen molar-refractivity contribution in [2.24, 2.45) is 5.41 Å². The molecule has 1 saturated carbocycles. The molecule has 0 aromatic heterocycles. The Morgan fingerprint density at radius 3 is 2.50 bits per heavy atom. The van der Waals surface area contributed by atoms with Gasteiger partial charge in [0.2, 0.25) is 0 Å². The predicted molar refractivity (Wildman–Crippen MR) is 49.2 cm³/mol. The van der Waals surface area contributed by atoms with Gasteiger partial charge in [-0.15, -0.1) is 0 Å². The Morgan fingerprint density at radius 2 is 2.00 bits per heavy atom. The van der Waals surface area contributed by atoms with E-state index in [1.807, 2.05) is 0 Å². The minimum Gasteiger partial charge on any atom is -0.380 e. The van der Waals surface area contributed by atoms with Crippen molar-refractivity contribution in [1.29, 1.82) is 0 Å². The summed E-state index contributed by atoms with van der Waals surface area (Å²) in [5.74, 6) is 0. The standard InChI is InChI=1S/C10H19NO/c1-10(2)5-9(6-10)11-8-3-4-12-7-8/h8-9,11H,3-7H2,1-2H3. The summed E-state index contributed by atoms with van der Waals surface area (Å²) in [6, 6.07) is 1.41. The molecule has 0 bridgehead atoms. The summed E-state index contributed by atoms with van der Waals surface area (Å²) < 4.78 is 5.32. The fourth-order valence-corrected chi connectivity index (χ4v) is 2.39. The molecule has 0 spiro atoms. The van der Waals surface area contributed by atoms with Gasteiger partial charge in [-0.1, -0.05) is 13.8 Å². The molecule has 70 valence electrons. The van der Waals surface area contributed by atoms with Gasteiger partial charge in [-0.3, -0.25) is 0 Å². The molecule has 1 aliphatic heterocycles. The summed E-state index contributed by atoms with van der Waals surface area (Å²) in [5.41, 5.74) is 0.594. The number of rotatable bonds is 2. The zero-order valence-electron chi connectivity index (χ0n) is 8.10. The van der Waals surface area contributed by atoms with Crippen molar-refractivity contribution in [3.05, 3.63) is 0 Å². The molecule has 1 atom stereocenters. The Bertz CT molecular complexity index is 153. The molecule has 1 heterocycles. The van der Waals surface area contributed by atoms with Crippen molar-refractivity contribution in [3.63, 3.8) is 0 Å². The number of hydrogen-bond donors (Lipinski definition) is 1. The third-order valence-corrected chi connectivity index (χ3v) is 3.00. The van der Waals surface area contributed by atoms with Gasteiger partial charge in [-0.2, -0.15) is 0 Å². The topological polar surface area (TPSA) is 21.3 Å². The minimum atomic E-state index is 0.594. The highest BCUT2D eigenvalue weighted by atomic mass is 16.5. The molecule has 2 heteroatoms. The first-order valence-electron chi connectivity index (χ1n) is 4.99. The lowest BCUT2D eigenvalue weighted by atomic mass is 9.68.